The number of anilines is 1. The molecule has 0 atom stereocenters. The third-order valence-electron chi connectivity index (χ3n) is 2.78. The Morgan fingerprint density at radius 1 is 1.17 bits per heavy atom. The van der Waals surface area contributed by atoms with E-state index in [4.69, 9.17) is 10.5 Å². The molecule has 0 aliphatic rings. The molecule has 120 valence electrons. The van der Waals surface area contributed by atoms with Crippen LogP contribution in [0.2, 0.25) is 0 Å². The largest absolute Gasteiger partial charge is 0.375 e. The third kappa shape index (κ3) is 6.58. The van der Waals surface area contributed by atoms with Crippen molar-refractivity contribution in [1.82, 2.24) is 10.3 Å². The maximum Gasteiger partial charge on any atom is 0.327 e. The molecule has 0 saturated heterocycles. The Bertz CT molecular complexity index is 631. The van der Waals surface area contributed by atoms with Crippen LogP contribution in [0.25, 0.3) is 0 Å². The Kier molecular flexibility index (Phi) is 6.55. The zero-order valence-electron chi connectivity index (χ0n) is 12.6. The lowest BCUT2D eigenvalue weighted by Crippen LogP contribution is -2.40. The highest BCUT2D eigenvalue weighted by atomic mass is 16.5. The lowest BCUT2D eigenvalue weighted by Gasteiger charge is -2.06. The fourth-order valence-electron chi connectivity index (χ4n) is 1.74. The summed E-state index contributed by atoms with van der Waals surface area (Å²) in [6.07, 6.45) is 1.58. The number of pyridine rings is 1. The second kappa shape index (κ2) is 9.16. The van der Waals surface area contributed by atoms with Crippen LogP contribution in [-0.4, -0.2) is 30.1 Å². The molecule has 1 heterocycles. The van der Waals surface area contributed by atoms with E-state index in [-0.39, 0.29) is 5.96 Å². The van der Waals surface area contributed by atoms with Gasteiger partial charge in [-0.2, -0.15) is 0 Å². The molecule has 1 aromatic heterocycles. The number of urea groups is 1. The van der Waals surface area contributed by atoms with Crippen LogP contribution in [0.15, 0.2) is 59.7 Å². The predicted octanol–water partition coefficient (Wildman–Crippen LogP) is 1.73. The Labute approximate surface area is 134 Å². The highest BCUT2D eigenvalue weighted by Crippen LogP contribution is 2.00. The van der Waals surface area contributed by atoms with Gasteiger partial charge in [0, 0.05) is 6.20 Å². The Hall–Kier alpha value is -2.93. The van der Waals surface area contributed by atoms with Crippen molar-refractivity contribution in [2.45, 2.75) is 6.61 Å². The van der Waals surface area contributed by atoms with Gasteiger partial charge < -0.3 is 10.5 Å². The number of aliphatic imine (C=N–C) groups is 1. The predicted molar refractivity (Wildman–Crippen MR) is 89.0 cm³/mol. The molecule has 0 spiro atoms. The molecule has 1 aromatic carbocycles. The minimum Gasteiger partial charge on any atom is -0.375 e. The first-order chi connectivity index (χ1) is 11.2. The summed E-state index contributed by atoms with van der Waals surface area (Å²) in [6.45, 7) is 1.30. The summed E-state index contributed by atoms with van der Waals surface area (Å²) >= 11 is 0. The molecule has 2 aromatic rings. The minimum absolute atomic E-state index is 0.0294. The van der Waals surface area contributed by atoms with Crippen molar-refractivity contribution in [3.63, 3.8) is 0 Å². The molecule has 0 radical (unpaired) electrons. The van der Waals surface area contributed by atoms with E-state index in [1.807, 2.05) is 30.3 Å². The lowest BCUT2D eigenvalue weighted by molar-refractivity contribution is 0.128. The van der Waals surface area contributed by atoms with Gasteiger partial charge in [0.2, 0.25) is 0 Å². The topological polar surface area (TPSA) is 102 Å². The minimum atomic E-state index is -0.491. The number of aromatic nitrogens is 1. The first-order valence-corrected chi connectivity index (χ1v) is 7.14. The van der Waals surface area contributed by atoms with Gasteiger partial charge in [0.15, 0.2) is 5.96 Å². The second-order valence-corrected chi connectivity index (χ2v) is 4.60. The molecule has 0 saturated carbocycles. The highest BCUT2D eigenvalue weighted by molar-refractivity contribution is 6.01. The van der Waals surface area contributed by atoms with Gasteiger partial charge in [-0.15, -0.1) is 0 Å². The van der Waals surface area contributed by atoms with Crippen molar-refractivity contribution in [1.29, 1.82) is 0 Å². The van der Waals surface area contributed by atoms with Gasteiger partial charge >= 0.3 is 6.03 Å². The van der Waals surface area contributed by atoms with Crippen molar-refractivity contribution in [3.8, 4) is 0 Å². The molecule has 0 aliphatic heterocycles. The molecule has 0 bridgehead atoms. The fraction of sp³-hybridized carbons (Fsp3) is 0.188. The smallest absolute Gasteiger partial charge is 0.327 e. The summed E-state index contributed by atoms with van der Waals surface area (Å²) in [4.78, 5) is 19.6. The van der Waals surface area contributed by atoms with Crippen LogP contribution in [0, 0.1) is 0 Å². The number of nitrogens with one attached hydrogen (secondary N) is 2. The van der Waals surface area contributed by atoms with Gasteiger partial charge in [0.25, 0.3) is 0 Å². The summed E-state index contributed by atoms with van der Waals surface area (Å²) in [5.41, 5.74) is 6.72. The van der Waals surface area contributed by atoms with Crippen molar-refractivity contribution in [2.24, 2.45) is 10.7 Å². The second-order valence-electron chi connectivity index (χ2n) is 4.60. The van der Waals surface area contributed by atoms with Gasteiger partial charge in [0.05, 0.1) is 19.8 Å². The van der Waals surface area contributed by atoms with Crippen LogP contribution in [0.3, 0.4) is 0 Å². The molecule has 4 N–H and O–H groups in total. The number of guanidine groups is 1. The molecular weight excluding hydrogens is 294 g/mol. The first-order valence-electron chi connectivity index (χ1n) is 7.14. The van der Waals surface area contributed by atoms with E-state index in [9.17, 15) is 4.79 Å². The first kappa shape index (κ1) is 16.4. The van der Waals surface area contributed by atoms with E-state index in [0.29, 0.717) is 25.6 Å². The van der Waals surface area contributed by atoms with E-state index in [1.54, 1.807) is 24.4 Å². The van der Waals surface area contributed by atoms with E-state index in [1.165, 1.54) is 0 Å². The average Bonchev–Trinajstić information content (AvgIpc) is 2.56. The Balaban J connectivity index is 1.64. The van der Waals surface area contributed by atoms with Crippen LogP contribution in [0.1, 0.15) is 5.56 Å². The molecule has 7 nitrogen and oxygen atoms in total. The normalized spacial score (nSPS) is 11.0. The standard InChI is InChI=1S/C16H19N5O2/c17-15(21-16(22)20-14-8-4-5-9-18-14)19-10-11-23-12-13-6-2-1-3-7-13/h1-9H,10-12H2,(H4,17,18,19,20,21,22). The number of carbonyl (C=O) groups excluding carboxylic acids is 1. The van der Waals surface area contributed by atoms with Gasteiger partial charge in [-0.3, -0.25) is 15.6 Å². The molecule has 2 rings (SSSR count). The van der Waals surface area contributed by atoms with Crippen LogP contribution in [0.5, 0.6) is 0 Å². The quantitative estimate of drug-likeness (QED) is 0.429. The fourth-order valence-corrected chi connectivity index (χ4v) is 1.74. The van der Waals surface area contributed by atoms with Crippen molar-refractivity contribution in [2.75, 3.05) is 18.5 Å². The maximum atomic E-state index is 11.6. The number of benzene rings is 1. The Morgan fingerprint density at radius 3 is 2.70 bits per heavy atom. The zero-order valence-corrected chi connectivity index (χ0v) is 12.6. The van der Waals surface area contributed by atoms with Gasteiger partial charge in [0.1, 0.15) is 5.82 Å². The van der Waals surface area contributed by atoms with E-state index in [2.05, 4.69) is 20.6 Å². The molecule has 0 unspecified atom stereocenters. The molecule has 7 heteroatoms. The van der Waals surface area contributed by atoms with E-state index >= 15 is 0 Å². The van der Waals surface area contributed by atoms with Crippen LogP contribution < -0.4 is 16.4 Å². The molecule has 0 fully saturated rings. The average molecular weight is 313 g/mol. The summed E-state index contributed by atoms with van der Waals surface area (Å²) in [5, 5.41) is 4.96. The number of hydrogen-bond acceptors (Lipinski definition) is 4. The zero-order chi connectivity index (χ0) is 16.3. The van der Waals surface area contributed by atoms with Crippen molar-refractivity contribution >= 4 is 17.8 Å². The number of nitrogens with two attached hydrogens (primary N) is 1. The van der Waals surface area contributed by atoms with Crippen LogP contribution >= 0.6 is 0 Å². The molecule has 2 amide bonds. The monoisotopic (exact) mass is 313 g/mol. The van der Waals surface area contributed by atoms with Crippen LogP contribution in [0.4, 0.5) is 10.6 Å². The SMILES string of the molecule is NC(=NCCOCc1ccccc1)NC(=O)Nc1ccccn1. The number of amides is 2. The summed E-state index contributed by atoms with van der Waals surface area (Å²) in [7, 11) is 0. The number of nitrogens with zero attached hydrogens (tertiary/aromatic N) is 2. The van der Waals surface area contributed by atoms with E-state index in [0.717, 1.165) is 5.56 Å². The third-order valence-corrected chi connectivity index (χ3v) is 2.78. The number of ether oxygens (including phenoxy) is 1. The van der Waals surface area contributed by atoms with E-state index < -0.39 is 6.03 Å². The number of hydrogen-bond donors (Lipinski definition) is 3. The van der Waals surface area contributed by atoms with Crippen molar-refractivity contribution in [3.05, 3.63) is 60.3 Å². The number of rotatable bonds is 6. The Morgan fingerprint density at radius 2 is 1.96 bits per heavy atom. The van der Waals surface area contributed by atoms with Gasteiger partial charge in [-0.05, 0) is 17.7 Å². The lowest BCUT2D eigenvalue weighted by atomic mass is 10.2. The van der Waals surface area contributed by atoms with Gasteiger partial charge in [-0.1, -0.05) is 36.4 Å². The summed E-state index contributed by atoms with van der Waals surface area (Å²) < 4.78 is 5.47. The summed E-state index contributed by atoms with van der Waals surface area (Å²) in [6, 6.07) is 14.6. The highest BCUT2D eigenvalue weighted by Gasteiger charge is 2.03. The maximum absolute atomic E-state index is 11.6. The van der Waals surface area contributed by atoms with Crippen molar-refractivity contribution < 1.29 is 9.53 Å². The molecule has 0 aliphatic carbocycles. The molecular formula is C16H19N5O2. The number of carbonyl (C=O) groups is 1. The van der Waals surface area contributed by atoms with Crippen LogP contribution in [-0.2, 0) is 11.3 Å². The van der Waals surface area contributed by atoms with Gasteiger partial charge in [-0.25, -0.2) is 9.78 Å². The molecule has 23 heavy (non-hydrogen) atoms. The summed E-state index contributed by atoms with van der Waals surface area (Å²) in [5.74, 6) is 0.464.